The van der Waals surface area contributed by atoms with Gasteiger partial charge in [-0.15, -0.1) is 0 Å². The van der Waals surface area contributed by atoms with Gasteiger partial charge in [-0.3, -0.25) is 0 Å². The van der Waals surface area contributed by atoms with E-state index in [1.807, 2.05) is 30.3 Å². The van der Waals surface area contributed by atoms with Crippen molar-refractivity contribution in [3.05, 3.63) is 60.5 Å². The van der Waals surface area contributed by atoms with Gasteiger partial charge < -0.3 is 4.42 Å². The lowest BCUT2D eigenvalue weighted by Gasteiger charge is -2.03. The molecule has 0 aliphatic heterocycles. The number of sulfonamides is 1. The van der Waals surface area contributed by atoms with Crippen LogP contribution in [0, 0.1) is 0 Å². The molecule has 3 aromatic rings. The van der Waals surface area contributed by atoms with E-state index in [0.29, 0.717) is 17.3 Å². The molecule has 2 aromatic carbocycles. The maximum Gasteiger partial charge on any atom is 0.238 e. The molecular formula is C18H18N2O3S. The van der Waals surface area contributed by atoms with Crippen LogP contribution in [0.15, 0.2) is 63.9 Å². The largest absolute Gasteiger partial charge is 0.440 e. The summed E-state index contributed by atoms with van der Waals surface area (Å²) < 4.78 is 28.7. The molecule has 0 saturated heterocycles. The summed E-state index contributed by atoms with van der Waals surface area (Å²) in [6.45, 7) is 2.06. The first kappa shape index (κ1) is 16.4. The number of nitrogens with two attached hydrogens (primary N) is 1. The fraction of sp³-hybridized carbons (Fsp3) is 0.167. The lowest BCUT2D eigenvalue weighted by molar-refractivity contribution is 0.503. The van der Waals surface area contributed by atoms with E-state index in [9.17, 15) is 8.42 Å². The molecule has 0 unspecified atom stereocenters. The maximum atomic E-state index is 11.4. The van der Waals surface area contributed by atoms with Crippen molar-refractivity contribution >= 4 is 10.0 Å². The molecule has 0 spiro atoms. The third-order valence-electron chi connectivity index (χ3n) is 3.63. The van der Waals surface area contributed by atoms with Gasteiger partial charge in [0.15, 0.2) is 11.7 Å². The molecule has 2 N–H and O–H groups in total. The highest BCUT2D eigenvalue weighted by atomic mass is 32.2. The highest BCUT2D eigenvalue weighted by Crippen LogP contribution is 2.33. The van der Waals surface area contributed by atoms with Crippen molar-refractivity contribution in [1.82, 2.24) is 4.98 Å². The zero-order valence-electron chi connectivity index (χ0n) is 13.3. The summed E-state index contributed by atoms with van der Waals surface area (Å²) in [6, 6.07) is 16.1. The van der Waals surface area contributed by atoms with Gasteiger partial charge in [0, 0.05) is 17.5 Å². The summed E-state index contributed by atoms with van der Waals surface area (Å²) in [5.41, 5.74) is 2.41. The Kier molecular flexibility index (Phi) is 4.51. The summed E-state index contributed by atoms with van der Waals surface area (Å²) in [4.78, 5) is 4.66. The summed E-state index contributed by atoms with van der Waals surface area (Å²) in [5.74, 6) is 1.35. The lowest BCUT2D eigenvalue weighted by Crippen LogP contribution is -2.11. The van der Waals surface area contributed by atoms with E-state index in [4.69, 9.17) is 9.56 Å². The quantitative estimate of drug-likeness (QED) is 0.767. The first-order chi connectivity index (χ1) is 11.5. The molecule has 24 heavy (non-hydrogen) atoms. The van der Waals surface area contributed by atoms with Gasteiger partial charge in [0.2, 0.25) is 10.0 Å². The van der Waals surface area contributed by atoms with Crippen molar-refractivity contribution < 1.29 is 12.8 Å². The molecule has 5 nitrogen and oxygen atoms in total. The zero-order valence-corrected chi connectivity index (χ0v) is 14.1. The molecule has 0 aliphatic carbocycles. The van der Waals surface area contributed by atoms with Crippen LogP contribution in [0.3, 0.4) is 0 Å². The summed E-state index contributed by atoms with van der Waals surface area (Å²) in [5, 5.41) is 5.15. The van der Waals surface area contributed by atoms with Gasteiger partial charge in [0.1, 0.15) is 5.69 Å². The van der Waals surface area contributed by atoms with Gasteiger partial charge >= 0.3 is 0 Å². The van der Waals surface area contributed by atoms with E-state index in [2.05, 4.69) is 11.9 Å². The number of aryl methyl sites for hydroxylation is 1. The van der Waals surface area contributed by atoms with Gasteiger partial charge in [0.25, 0.3) is 0 Å². The Morgan fingerprint density at radius 2 is 1.67 bits per heavy atom. The van der Waals surface area contributed by atoms with Crippen LogP contribution >= 0.6 is 0 Å². The van der Waals surface area contributed by atoms with Gasteiger partial charge in [-0.1, -0.05) is 49.4 Å². The molecule has 0 fully saturated rings. The summed E-state index contributed by atoms with van der Waals surface area (Å²) in [6.07, 6.45) is 1.67. The SMILES string of the molecule is CCCc1nc(-c2ccc(S(N)(=O)=O)cc2)c(-c2ccccc2)o1. The topological polar surface area (TPSA) is 86.2 Å². The number of hydrogen-bond donors (Lipinski definition) is 1. The number of benzene rings is 2. The van der Waals surface area contributed by atoms with Gasteiger partial charge in [-0.05, 0) is 18.6 Å². The predicted molar refractivity (Wildman–Crippen MR) is 92.7 cm³/mol. The van der Waals surface area contributed by atoms with Crippen LogP contribution in [0.1, 0.15) is 19.2 Å². The van der Waals surface area contributed by atoms with Gasteiger partial charge in [-0.2, -0.15) is 0 Å². The average Bonchev–Trinajstić information content (AvgIpc) is 2.99. The van der Waals surface area contributed by atoms with E-state index < -0.39 is 10.0 Å². The van der Waals surface area contributed by atoms with E-state index in [0.717, 1.165) is 24.0 Å². The molecule has 6 heteroatoms. The van der Waals surface area contributed by atoms with Crippen LogP contribution < -0.4 is 5.14 Å². The van der Waals surface area contributed by atoms with Crippen molar-refractivity contribution in [2.24, 2.45) is 5.14 Å². The number of nitrogens with zero attached hydrogens (tertiary/aromatic N) is 1. The number of primary sulfonamides is 1. The number of oxazole rings is 1. The van der Waals surface area contributed by atoms with Gasteiger partial charge in [0.05, 0.1) is 4.90 Å². The molecule has 1 aromatic heterocycles. The molecule has 0 radical (unpaired) electrons. The molecular weight excluding hydrogens is 324 g/mol. The van der Waals surface area contributed by atoms with E-state index >= 15 is 0 Å². The first-order valence-corrected chi connectivity index (χ1v) is 9.22. The van der Waals surface area contributed by atoms with Crippen LogP contribution in [0.25, 0.3) is 22.6 Å². The normalized spacial score (nSPS) is 11.6. The molecule has 0 amide bonds. The monoisotopic (exact) mass is 342 g/mol. The standard InChI is InChI=1S/C18H18N2O3S/c1-2-6-16-20-17(18(23-16)14-7-4-3-5-8-14)13-9-11-15(12-10-13)24(19,21)22/h3-5,7-12H,2,6H2,1H3,(H2,19,21,22). The fourth-order valence-corrected chi connectivity index (χ4v) is 2.98. The summed E-state index contributed by atoms with van der Waals surface area (Å²) in [7, 11) is -3.71. The number of hydrogen-bond acceptors (Lipinski definition) is 4. The third kappa shape index (κ3) is 3.39. The van der Waals surface area contributed by atoms with Crippen molar-refractivity contribution in [3.63, 3.8) is 0 Å². The molecule has 3 rings (SSSR count). The Morgan fingerprint density at radius 3 is 2.25 bits per heavy atom. The Labute approximate surface area is 141 Å². The van der Waals surface area contributed by atoms with Crippen LogP contribution in [-0.4, -0.2) is 13.4 Å². The second kappa shape index (κ2) is 6.59. The molecule has 0 atom stereocenters. The van der Waals surface area contributed by atoms with Gasteiger partial charge in [-0.25, -0.2) is 18.5 Å². The molecule has 0 bridgehead atoms. The Balaban J connectivity index is 2.09. The number of aromatic nitrogens is 1. The minimum Gasteiger partial charge on any atom is -0.440 e. The smallest absolute Gasteiger partial charge is 0.238 e. The van der Waals surface area contributed by atoms with Crippen LogP contribution in [0.4, 0.5) is 0 Å². The van der Waals surface area contributed by atoms with Crippen molar-refractivity contribution in [2.45, 2.75) is 24.7 Å². The number of rotatable bonds is 5. The van der Waals surface area contributed by atoms with Crippen LogP contribution in [0.2, 0.25) is 0 Å². The van der Waals surface area contributed by atoms with Crippen LogP contribution in [0.5, 0.6) is 0 Å². The fourth-order valence-electron chi connectivity index (χ4n) is 2.47. The van der Waals surface area contributed by atoms with Crippen molar-refractivity contribution in [3.8, 4) is 22.6 Å². The Morgan fingerprint density at radius 1 is 1.00 bits per heavy atom. The Bertz CT molecular complexity index is 930. The third-order valence-corrected chi connectivity index (χ3v) is 4.56. The predicted octanol–water partition coefficient (Wildman–Crippen LogP) is 3.61. The highest BCUT2D eigenvalue weighted by molar-refractivity contribution is 7.89. The van der Waals surface area contributed by atoms with E-state index in [1.165, 1.54) is 12.1 Å². The second-order valence-electron chi connectivity index (χ2n) is 5.47. The molecule has 1 heterocycles. The summed E-state index contributed by atoms with van der Waals surface area (Å²) >= 11 is 0. The molecule has 124 valence electrons. The van der Waals surface area contributed by atoms with Crippen LogP contribution in [-0.2, 0) is 16.4 Å². The van der Waals surface area contributed by atoms with Crippen molar-refractivity contribution in [1.29, 1.82) is 0 Å². The zero-order chi connectivity index (χ0) is 17.2. The first-order valence-electron chi connectivity index (χ1n) is 7.67. The average molecular weight is 342 g/mol. The highest BCUT2D eigenvalue weighted by Gasteiger charge is 2.17. The second-order valence-corrected chi connectivity index (χ2v) is 7.03. The minimum atomic E-state index is -3.71. The van der Waals surface area contributed by atoms with E-state index in [1.54, 1.807) is 12.1 Å². The lowest BCUT2D eigenvalue weighted by atomic mass is 10.1. The molecule has 0 saturated carbocycles. The maximum absolute atomic E-state index is 11.4. The van der Waals surface area contributed by atoms with Crippen molar-refractivity contribution in [2.75, 3.05) is 0 Å². The van der Waals surface area contributed by atoms with E-state index in [-0.39, 0.29) is 4.90 Å². The molecule has 0 aliphatic rings. The minimum absolute atomic E-state index is 0.0739. The Hall–Kier alpha value is -2.44.